The van der Waals surface area contributed by atoms with E-state index in [0.717, 1.165) is 31.0 Å². The van der Waals surface area contributed by atoms with Crippen LogP contribution in [0.5, 0.6) is 0 Å². The van der Waals surface area contributed by atoms with Gasteiger partial charge in [0.25, 0.3) is 0 Å². The highest BCUT2D eigenvalue weighted by atomic mass is 16.5. The first kappa shape index (κ1) is 19.2. The molecular weight excluding hydrogens is 292 g/mol. The van der Waals surface area contributed by atoms with Crippen molar-refractivity contribution in [2.24, 2.45) is 4.99 Å². The Hall–Kier alpha value is -1.84. The molecule has 0 aromatic heterocycles. The Labute approximate surface area is 139 Å². The van der Waals surface area contributed by atoms with E-state index in [9.17, 15) is 5.26 Å². The molecule has 1 aliphatic rings. The zero-order valence-corrected chi connectivity index (χ0v) is 14.8. The van der Waals surface area contributed by atoms with Crippen molar-refractivity contribution >= 4 is 6.34 Å². The van der Waals surface area contributed by atoms with Gasteiger partial charge in [-0.3, -0.25) is 0 Å². The Balaban J connectivity index is 2.71. The first-order valence-corrected chi connectivity index (χ1v) is 8.08. The second kappa shape index (κ2) is 10.0. The van der Waals surface area contributed by atoms with Crippen LogP contribution in [0.1, 0.15) is 34.1 Å². The second-order valence-corrected chi connectivity index (χ2v) is 5.59. The van der Waals surface area contributed by atoms with Gasteiger partial charge in [0.05, 0.1) is 36.4 Å². The molecule has 2 atom stereocenters. The minimum Gasteiger partial charge on any atom is -0.379 e. The monoisotopic (exact) mass is 320 g/mol. The number of hydrogen-bond acceptors (Lipinski definition) is 5. The predicted octanol–water partition coefficient (Wildman–Crippen LogP) is 2.41. The van der Waals surface area contributed by atoms with E-state index in [-0.39, 0.29) is 6.10 Å². The van der Waals surface area contributed by atoms with Crippen molar-refractivity contribution in [1.82, 2.24) is 10.2 Å². The van der Waals surface area contributed by atoms with E-state index in [1.165, 1.54) is 0 Å². The van der Waals surface area contributed by atoms with E-state index in [4.69, 9.17) is 9.47 Å². The standard InChI is InChI=1S/C17H28N4O2/c1-6-8-22-11-13(3)23-17-15(10-18)9-16(14(4)20-17)19-12-21(5)7-2/h9,12-13,17,20H,6-8,11H2,1-5H3. The van der Waals surface area contributed by atoms with Gasteiger partial charge in [0, 0.05) is 25.9 Å². The van der Waals surface area contributed by atoms with Gasteiger partial charge in [-0.25, -0.2) is 4.99 Å². The lowest BCUT2D eigenvalue weighted by molar-refractivity contribution is -0.0420. The molecular formula is C17H28N4O2. The molecule has 0 radical (unpaired) electrons. The zero-order valence-electron chi connectivity index (χ0n) is 14.8. The summed E-state index contributed by atoms with van der Waals surface area (Å²) in [7, 11) is 1.95. The Morgan fingerprint density at radius 3 is 2.87 bits per heavy atom. The summed E-state index contributed by atoms with van der Waals surface area (Å²) in [6.45, 7) is 10.1. The second-order valence-electron chi connectivity index (χ2n) is 5.59. The number of hydrogen-bond donors (Lipinski definition) is 1. The van der Waals surface area contributed by atoms with Gasteiger partial charge in [-0.05, 0) is 33.3 Å². The first-order valence-electron chi connectivity index (χ1n) is 8.08. The van der Waals surface area contributed by atoms with Crippen molar-refractivity contribution in [3.8, 4) is 6.07 Å². The first-order chi connectivity index (χ1) is 11.0. The van der Waals surface area contributed by atoms with Crippen LogP contribution in [-0.2, 0) is 9.47 Å². The summed E-state index contributed by atoms with van der Waals surface area (Å²) in [6, 6.07) is 2.19. The number of nitriles is 1. The van der Waals surface area contributed by atoms with Crippen molar-refractivity contribution in [3.05, 3.63) is 23.0 Å². The van der Waals surface area contributed by atoms with Gasteiger partial charge in [0.15, 0.2) is 6.23 Å². The Morgan fingerprint density at radius 1 is 1.52 bits per heavy atom. The van der Waals surface area contributed by atoms with Crippen molar-refractivity contribution in [2.45, 2.75) is 46.4 Å². The lowest BCUT2D eigenvalue weighted by Crippen LogP contribution is -2.38. The third-order valence-electron chi connectivity index (χ3n) is 3.40. The van der Waals surface area contributed by atoms with E-state index in [2.05, 4.69) is 30.2 Å². The van der Waals surface area contributed by atoms with Crippen LogP contribution < -0.4 is 5.32 Å². The average Bonchev–Trinajstić information content (AvgIpc) is 2.54. The van der Waals surface area contributed by atoms with E-state index in [0.29, 0.717) is 12.2 Å². The molecule has 1 rings (SSSR count). The maximum atomic E-state index is 9.36. The van der Waals surface area contributed by atoms with Crippen LogP contribution >= 0.6 is 0 Å². The van der Waals surface area contributed by atoms with E-state index in [1.54, 1.807) is 12.4 Å². The lowest BCUT2D eigenvalue weighted by Gasteiger charge is -2.27. The molecule has 2 unspecified atom stereocenters. The summed E-state index contributed by atoms with van der Waals surface area (Å²) < 4.78 is 11.4. The van der Waals surface area contributed by atoms with Crippen LogP contribution in [0.4, 0.5) is 0 Å². The van der Waals surface area contributed by atoms with Gasteiger partial charge in [0.1, 0.15) is 0 Å². The number of ether oxygens (including phenoxy) is 2. The van der Waals surface area contributed by atoms with Crippen LogP contribution in [-0.4, -0.2) is 50.4 Å². The molecule has 1 heterocycles. The largest absolute Gasteiger partial charge is 0.379 e. The number of rotatable bonds is 9. The van der Waals surface area contributed by atoms with Gasteiger partial charge in [-0.15, -0.1) is 0 Å². The van der Waals surface area contributed by atoms with Gasteiger partial charge < -0.3 is 19.7 Å². The molecule has 23 heavy (non-hydrogen) atoms. The third kappa shape index (κ3) is 6.43. The summed E-state index contributed by atoms with van der Waals surface area (Å²) in [5.74, 6) is 0. The maximum Gasteiger partial charge on any atom is 0.164 e. The third-order valence-corrected chi connectivity index (χ3v) is 3.40. The SMILES string of the molecule is CCCOCC(C)OC1NC(C)=C(N=CN(C)CC)C=C1C#N. The highest BCUT2D eigenvalue weighted by Gasteiger charge is 2.23. The quantitative estimate of drug-likeness (QED) is 0.401. The smallest absolute Gasteiger partial charge is 0.164 e. The maximum absolute atomic E-state index is 9.36. The van der Waals surface area contributed by atoms with Crippen LogP contribution in [0.2, 0.25) is 0 Å². The Bertz CT molecular complexity index is 505. The number of aliphatic imine (C=N–C) groups is 1. The van der Waals surface area contributed by atoms with Gasteiger partial charge in [-0.2, -0.15) is 5.26 Å². The fourth-order valence-electron chi connectivity index (χ4n) is 1.92. The molecule has 0 saturated heterocycles. The molecule has 1 aliphatic heterocycles. The highest BCUT2D eigenvalue weighted by molar-refractivity contribution is 5.58. The molecule has 0 aliphatic carbocycles. The number of dihydropyridines is 1. The molecule has 0 saturated carbocycles. The molecule has 0 bridgehead atoms. The molecule has 6 nitrogen and oxygen atoms in total. The molecule has 0 spiro atoms. The Morgan fingerprint density at radius 2 is 2.26 bits per heavy atom. The van der Waals surface area contributed by atoms with Gasteiger partial charge in [0.2, 0.25) is 0 Å². The molecule has 128 valence electrons. The fourth-order valence-corrected chi connectivity index (χ4v) is 1.92. The minimum atomic E-state index is -0.455. The number of nitrogens with one attached hydrogen (secondary N) is 1. The summed E-state index contributed by atoms with van der Waals surface area (Å²) in [4.78, 5) is 6.39. The summed E-state index contributed by atoms with van der Waals surface area (Å²) in [6.07, 6.45) is 3.96. The van der Waals surface area contributed by atoms with Crippen LogP contribution in [0.25, 0.3) is 0 Å². The molecule has 0 fully saturated rings. The van der Waals surface area contributed by atoms with E-state index in [1.807, 2.05) is 25.8 Å². The fraction of sp³-hybridized carbons (Fsp3) is 0.647. The van der Waals surface area contributed by atoms with Crippen LogP contribution in [0.3, 0.4) is 0 Å². The minimum absolute atomic E-state index is 0.0973. The topological polar surface area (TPSA) is 69.9 Å². The average molecular weight is 320 g/mol. The molecule has 6 heteroatoms. The van der Waals surface area contributed by atoms with Crippen LogP contribution in [0, 0.1) is 11.3 Å². The van der Waals surface area contributed by atoms with Crippen molar-refractivity contribution in [2.75, 3.05) is 26.8 Å². The molecule has 0 aromatic rings. The van der Waals surface area contributed by atoms with Gasteiger partial charge >= 0.3 is 0 Å². The highest BCUT2D eigenvalue weighted by Crippen LogP contribution is 2.20. The van der Waals surface area contributed by atoms with Crippen molar-refractivity contribution < 1.29 is 9.47 Å². The summed E-state index contributed by atoms with van der Waals surface area (Å²) in [5.41, 5.74) is 2.15. The number of allylic oxidation sites excluding steroid dienone is 2. The van der Waals surface area contributed by atoms with Gasteiger partial charge in [-0.1, -0.05) is 6.92 Å². The molecule has 1 N–H and O–H groups in total. The van der Waals surface area contributed by atoms with E-state index >= 15 is 0 Å². The zero-order chi connectivity index (χ0) is 17.2. The van der Waals surface area contributed by atoms with Crippen molar-refractivity contribution in [1.29, 1.82) is 5.26 Å². The summed E-state index contributed by atoms with van der Waals surface area (Å²) >= 11 is 0. The van der Waals surface area contributed by atoms with E-state index < -0.39 is 6.23 Å². The predicted molar refractivity (Wildman–Crippen MR) is 91.8 cm³/mol. The van der Waals surface area contributed by atoms with Crippen molar-refractivity contribution in [3.63, 3.8) is 0 Å². The lowest BCUT2D eigenvalue weighted by atomic mass is 10.1. The molecule has 0 amide bonds. The Kier molecular flexibility index (Phi) is 8.38. The normalized spacial score (nSPS) is 19.3. The van der Waals surface area contributed by atoms with Crippen LogP contribution in [0.15, 0.2) is 28.0 Å². The number of nitrogens with zero attached hydrogens (tertiary/aromatic N) is 3. The summed E-state index contributed by atoms with van der Waals surface area (Å²) in [5, 5.41) is 12.6. The molecule has 0 aromatic carbocycles.